The van der Waals surface area contributed by atoms with Crippen LogP contribution in [0.25, 0.3) is 0 Å². The second-order valence-corrected chi connectivity index (χ2v) is 7.13. The fraction of sp³-hybridized carbons (Fsp3) is 0.600. The second kappa shape index (κ2) is 4.74. The molecular formula is C15H21BClNO2. The highest BCUT2D eigenvalue weighted by molar-refractivity contribution is 6.65. The Balaban J connectivity index is 1.85. The van der Waals surface area contributed by atoms with Crippen molar-refractivity contribution in [3.63, 3.8) is 0 Å². The van der Waals surface area contributed by atoms with Gasteiger partial charge >= 0.3 is 7.12 Å². The monoisotopic (exact) mass is 293 g/mol. The van der Waals surface area contributed by atoms with Crippen LogP contribution in [0.4, 0.5) is 0 Å². The van der Waals surface area contributed by atoms with E-state index < -0.39 is 0 Å². The average Bonchev–Trinajstić information content (AvgIpc) is 2.45. The lowest BCUT2D eigenvalue weighted by molar-refractivity contribution is 0.00578. The highest BCUT2D eigenvalue weighted by Crippen LogP contribution is 2.37. The predicted octanol–water partition coefficient (Wildman–Crippen LogP) is 2.33. The van der Waals surface area contributed by atoms with E-state index in [0.717, 1.165) is 23.6 Å². The molecular weight excluding hydrogens is 272 g/mol. The van der Waals surface area contributed by atoms with Gasteiger partial charge in [0, 0.05) is 29.5 Å². The maximum atomic E-state index is 6.44. The Hall–Kier alpha value is -0.545. The van der Waals surface area contributed by atoms with Gasteiger partial charge in [-0.1, -0.05) is 23.7 Å². The number of hydrogen-bond acceptors (Lipinski definition) is 3. The quantitative estimate of drug-likeness (QED) is 0.849. The van der Waals surface area contributed by atoms with E-state index in [1.165, 1.54) is 5.56 Å². The largest absolute Gasteiger partial charge is 0.496 e. The van der Waals surface area contributed by atoms with E-state index in [-0.39, 0.29) is 18.3 Å². The molecule has 2 fully saturated rings. The van der Waals surface area contributed by atoms with Crippen LogP contribution < -0.4 is 10.8 Å². The molecule has 2 heterocycles. The molecule has 1 N–H and O–H groups in total. The van der Waals surface area contributed by atoms with E-state index in [4.69, 9.17) is 20.9 Å². The first-order valence-corrected chi connectivity index (χ1v) is 7.54. The molecule has 0 amide bonds. The van der Waals surface area contributed by atoms with Gasteiger partial charge in [0.05, 0.1) is 11.2 Å². The lowest BCUT2D eigenvalue weighted by Crippen LogP contribution is -2.41. The molecule has 0 aliphatic carbocycles. The molecule has 1 aromatic rings. The van der Waals surface area contributed by atoms with Crippen LogP contribution in [-0.4, -0.2) is 31.4 Å². The minimum atomic E-state index is -0.388. The molecule has 0 radical (unpaired) electrons. The minimum absolute atomic E-state index is 0.336. The van der Waals surface area contributed by atoms with E-state index in [2.05, 4.69) is 39.1 Å². The summed E-state index contributed by atoms with van der Waals surface area (Å²) in [6, 6.07) is 6.23. The van der Waals surface area contributed by atoms with E-state index in [0.29, 0.717) is 5.92 Å². The maximum Gasteiger partial charge on any atom is 0.496 e. The van der Waals surface area contributed by atoms with Crippen molar-refractivity contribution in [2.24, 2.45) is 0 Å². The minimum Gasteiger partial charge on any atom is -0.399 e. The fourth-order valence-corrected chi connectivity index (χ4v) is 2.76. The fourth-order valence-electron chi connectivity index (χ4n) is 2.48. The Bertz CT molecular complexity index is 513. The Morgan fingerprint density at radius 2 is 1.75 bits per heavy atom. The molecule has 2 saturated heterocycles. The molecule has 5 heteroatoms. The summed E-state index contributed by atoms with van der Waals surface area (Å²) in [5, 5.41) is 4.01. The van der Waals surface area contributed by atoms with Crippen LogP contribution >= 0.6 is 11.6 Å². The van der Waals surface area contributed by atoms with Gasteiger partial charge in [0.15, 0.2) is 0 Å². The van der Waals surface area contributed by atoms with E-state index in [9.17, 15) is 0 Å². The van der Waals surface area contributed by atoms with E-state index >= 15 is 0 Å². The van der Waals surface area contributed by atoms with E-state index in [1.54, 1.807) is 0 Å². The van der Waals surface area contributed by atoms with Gasteiger partial charge < -0.3 is 14.6 Å². The Labute approximate surface area is 126 Å². The molecule has 1 aromatic carbocycles. The zero-order chi connectivity index (χ0) is 14.5. The third kappa shape index (κ3) is 2.29. The van der Waals surface area contributed by atoms with Crippen LogP contribution in [0.5, 0.6) is 0 Å². The summed E-state index contributed by atoms with van der Waals surface area (Å²) in [5.74, 6) is 0.583. The third-order valence-corrected chi connectivity index (χ3v) is 5.11. The molecule has 0 unspecified atom stereocenters. The van der Waals surface area contributed by atoms with Crippen LogP contribution in [0.3, 0.4) is 0 Å². The van der Waals surface area contributed by atoms with Gasteiger partial charge in [-0.05, 0) is 39.3 Å². The molecule has 0 saturated carbocycles. The summed E-state index contributed by atoms with van der Waals surface area (Å²) in [6.07, 6.45) is 0. The number of rotatable bonds is 2. The van der Waals surface area contributed by atoms with Crippen molar-refractivity contribution < 1.29 is 9.31 Å². The highest BCUT2D eigenvalue weighted by Gasteiger charge is 2.52. The Kier molecular flexibility index (Phi) is 3.41. The topological polar surface area (TPSA) is 30.5 Å². The number of halogens is 1. The number of hydrogen-bond donors (Lipinski definition) is 1. The van der Waals surface area contributed by atoms with Gasteiger partial charge in [-0.3, -0.25) is 0 Å². The zero-order valence-corrected chi connectivity index (χ0v) is 13.3. The summed E-state index contributed by atoms with van der Waals surface area (Å²) in [7, 11) is -0.388. The molecule has 0 spiro atoms. The van der Waals surface area contributed by atoms with E-state index in [1.807, 2.05) is 12.1 Å². The first kappa shape index (κ1) is 14.4. The first-order valence-electron chi connectivity index (χ1n) is 7.16. The van der Waals surface area contributed by atoms with Crippen molar-refractivity contribution in [1.82, 2.24) is 5.32 Å². The molecule has 20 heavy (non-hydrogen) atoms. The molecule has 3 rings (SSSR count). The molecule has 0 aromatic heterocycles. The molecule has 0 atom stereocenters. The van der Waals surface area contributed by atoms with Crippen molar-refractivity contribution in [2.75, 3.05) is 13.1 Å². The second-order valence-electron chi connectivity index (χ2n) is 6.72. The predicted molar refractivity (Wildman–Crippen MR) is 82.8 cm³/mol. The molecule has 3 nitrogen and oxygen atoms in total. The van der Waals surface area contributed by atoms with Gasteiger partial charge in [0.25, 0.3) is 0 Å². The van der Waals surface area contributed by atoms with Gasteiger partial charge in [-0.15, -0.1) is 0 Å². The molecule has 0 bridgehead atoms. The maximum absolute atomic E-state index is 6.44. The van der Waals surface area contributed by atoms with Gasteiger partial charge in [-0.25, -0.2) is 0 Å². The highest BCUT2D eigenvalue weighted by atomic mass is 35.5. The van der Waals surface area contributed by atoms with Crippen LogP contribution in [-0.2, 0) is 9.31 Å². The third-order valence-electron chi connectivity index (χ3n) is 4.78. The summed E-state index contributed by atoms with van der Waals surface area (Å²) in [6.45, 7) is 10.3. The lowest BCUT2D eigenvalue weighted by atomic mass is 9.77. The first-order chi connectivity index (χ1) is 9.30. The lowest BCUT2D eigenvalue weighted by Gasteiger charge is -2.32. The summed E-state index contributed by atoms with van der Waals surface area (Å²) in [4.78, 5) is 0. The van der Waals surface area contributed by atoms with Crippen molar-refractivity contribution in [3.8, 4) is 0 Å². The number of benzene rings is 1. The summed E-state index contributed by atoms with van der Waals surface area (Å²) >= 11 is 6.44. The Morgan fingerprint density at radius 3 is 2.20 bits per heavy atom. The Morgan fingerprint density at radius 1 is 1.15 bits per heavy atom. The van der Waals surface area contributed by atoms with Crippen LogP contribution in [0.1, 0.15) is 39.2 Å². The normalized spacial score (nSPS) is 24.8. The summed E-state index contributed by atoms with van der Waals surface area (Å²) in [5.41, 5.74) is 1.53. The van der Waals surface area contributed by atoms with Crippen molar-refractivity contribution in [3.05, 3.63) is 28.8 Å². The molecule has 2 aliphatic rings. The average molecular weight is 294 g/mol. The molecule has 2 aliphatic heterocycles. The summed E-state index contributed by atoms with van der Waals surface area (Å²) < 4.78 is 12.1. The zero-order valence-electron chi connectivity index (χ0n) is 12.5. The van der Waals surface area contributed by atoms with Crippen molar-refractivity contribution in [1.29, 1.82) is 0 Å². The van der Waals surface area contributed by atoms with Crippen LogP contribution in [0, 0.1) is 0 Å². The molecule has 108 valence electrons. The van der Waals surface area contributed by atoms with Crippen LogP contribution in [0.15, 0.2) is 18.2 Å². The SMILES string of the molecule is CC1(C)OB(c2ccc(C3CNC3)cc2Cl)OC1(C)C. The van der Waals surface area contributed by atoms with Crippen LogP contribution in [0.2, 0.25) is 5.02 Å². The van der Waals surface area contributed by atoms with Crippen molar-refractivity contribution >= 4 is 24.2 Å². The standard InChI is InChI=1S/C15H21BClNO2/c1-14(2)15(3,4)20-16(19-14)12-6-5-10(7-13(12)17)11-8-18-9-11/h5-7,11,18H,8-9H2,1-4H3. The van der Waals surface area contributed by atoms with Gasteiger partial charge in [0.1, 0.15) is 0 Å². The van der Waals surface area contributed by atoms with Gasteiger partial charge in [-0.2, -0.15) is 0 Å². The van der Waals surface area contributed by atoms with Crippen molar-refractivity contribution in [2.45, 2.75) is 44.8 Å². The smallest absolute Gasteiger partial charge is 0.399 e. The van der Waals surface area contributed by atoms with Gasteiger partial charge in [0.2, 0.25) is 0 Å². The number of nitrogens with one attached hydrogen (secondary N) is 1.